The van der Waals surface area contributed by atoms with E-state index in [1.165, 1.54) is 147 Å². The molecule has 0 fully saturated rings. The van der Waals surface area contributed by atoms with E-state index in [1.54, 1.807) is 12.1 Å². The van der Waals surface area contributed by atoms with Gasteiger partial charge in [-0.25, -0.2) is 0 Å². The van der Waals surface area contributed by atoms with Crippen LogP contribution in [0.5, 0.6) is 0 Å². The van der Waals surface area contributed by atoms with Gasteiger partial charge in [0.15, 0.2) is 0 Å². The van der Waals surface area contributed by atoms with Crippen LogP contribution in [0, 0.1) is 0 Å². The molecule has 0 spiro atoms. The van der Waals surface area contributed by atoms with E-state index in [0.717, 1.165) is 19.5 Å². The van der Waals surface area contributed by atoms with Crippen molar-refractivity contribution in [2.75, 3.05) is 13.1 Å². The lowest BCUT2D eigenvalue weighted by Crippen LogP contribution is -2.55. The molecule has 0 aromatic heterocycles. The van der Waals surface area contributed by atoms with Gasteiger partial charge in [-0.05, 0) is 31.2 Å². The van der Waals surface area contributed by atoms with Gasteiger partial charge in [0, 0.05) is 0 Å². The van der Waals surface area contributed by atoms with Crippen LogP contribution in [0.2, 0.25) is 0 Å². The minimum absolute atomic E-state index is 0.353. The van der Waals surface area contributed by atoms with Crippen LogP contribution in [0.4, 0.5) is 0 Å². The Morgan fingerprint density at radius 3 is 1.03 bits per heavy atom. The van der Waals surface area contributed by atoms with Crippen molar-refractivity contribution in [3.05, 3.63) is 29.8 Å². The van der Waals surface area contributed by atoms with Gasteiger partial charge in [0.1, 0.15) is 0 Å². The van der Waals surface area contributed by atoms with Crippen LogP contribution >= 0.6 is 0 Å². The minimum atomic E-state index is -1.85. The molecule has 0 aliphatic carbocycles. The van der Waals surface area contributed by atoms with Crippen molar-refractivity contribution in [3.63, 3.8) is 0 Å². The smallest absolute Gasteiger partial charge is 0.0739 e. The molecule has 0 unspecified atom stereocenters. The fourth-order valence-electron chi connectivity index (χ4n) is 4.57. The lowest BCUT2D eigenvalue weighted by Gasteiger charge is -2.26. The molecule has 0 radical (unpaired) electrons. The maximum atomic E-state index is 10.8. The molecule has 0 amide bonds. The number of unbranched alkanes of at least 4 members (excludes halogenated alkanes) is 19. The molecule has 1 aromatic carbocycles. The second kappa shape index (κ2) is 35.2. The predicted molar refractivity (Wildman–Crippen MR) is 170 cm³/mol. The minimum Gasteiger partial charge on any atom is -0.889 e. The first kappa shape index (κ1) is 40.3. The summed E-state index contributed by atoms with van der Waals surface area (Å²) < 4.78 is 0. The Labute approximate surface area is 245 Å². The van der Waals surface area contributed by atoms with Crippen molar-refractivity contribution in [3.8, 4) is 0 Å². The summed E-state index contributed by atoms with van der Waals surface area (Å²) in [6.07, 6.45) is 31.4. The third kappa shape index (κ3) is 33.2. The molecule has 1 rings (SSSR count). The topological polar surface area (TPSA) is 101 Å². The van der Waals surface area contributed by atoms with Crippen molar-refractivity contribution < 1.29 is 21.5 Å². The molecule has 0 saturated carbocycles. The quantitative estimate of drug-likeness (QED) is 0.127. The maximum Gasteiger partial charge on any atom is 0.0739 e. The van der Waals surface area contributed by atoms with Gasteiger partial charge in [-0.2, -0.15) is 0 Å². The monoisotopic (exact) mass is 549 g/mol. The summed E-state index contributed by atoms with van der Waals surface area (Å²) >= 11 is 0. The fraction of sp³-hybridized carbons (Fsp3) is 0.824. The standard InChI is InChI=1S/C26H45BO2.2C4H11N/c1-2-3-4-5-6-7-8-9-10-11-12-13-14-15-16-17-18-19-20-25-21-23-26(24-22-25)27(28)29;2*1-2-3-4-5/h21-24H,2-20H2,1H3;2*2-5H2,1H3/q-2;;/p+2. The van der Waals surface area contributed by atoms with E-state index < -0.39 is 7.12 Å². The van der Waals surface area contributed by atoms with Gasteiger partial charge in [-0.1, -0.05) is 174 Å². The SMILES string of the molecule is CCCCCCCCCCCCCCCCCCCCc1ccc(B([O-])[O-])cc1.CCCC[NH3+].CCCC[NH3+]. The highest BCUT2D eigenvalue weighted by molar-refractivity contribution is 6.55. The molecular formula is C34H69BN2O2. The van der Waals surface area contributed by atoms with Gasteiger partial charge >= 0.3 is 0 Å². The van der Waals surface area contributed by atoms with Gasteiger partial charge in [0.2, 0.25) is 0 Å². The molecule has 5 heteroatoms. The van der Waals surface area contributed by atoms with Crippen LogP contribution in [0.25, 0.3) is 0 Å². The molecule has 0 aliphatic heterocycles. The molecule has 4 nitrogen and oxygen atoms in total. The third-order valence-electron chi connectivity index (χ3n) is 7.28. The van der Waals surface area contributed by atoms with Gasteiger partial charge in [0.25, 0.3) is 0 Å². The van der Waals surface area contributed by atoms with Crippen LogP contribution in [-0.2, 0) is 6.42 Å². The van der Waals surface area contributed by atoms with E-state index in [2.05, 4.69) is 32.2 Å². The van der Waals surface area contributed by atoms with Crippen molar-refractivity contribution in [2.24, 2.45) is 0 Å². The molecule has 0 aliphatic rings. The number of hydrogen-bond donors (Lipinski definition) is 2. The average Bonchev–Trinajstić information content (AvgIpc) is 2.94. The largest absolute Gasteiger partial charge is 0.889 e. The second-order valence-electron chi connectivity index (χ2n) is 11.2. The highest BCUT2D eigenvalue weighted by Gasteiger charge is 1.97. The Hall–Kier alpha value is -0.875. The molecule has 0 atom stereocenters. The summed E-state index contributed by atoms with van der Waals surface area (Å²) in [6.45, 7) is 8.82. The Balaban J connectivity index is 0. The average molecular weight is 549 g/mol. The van der Waals surface area contributed by atoms with Crippen molar-refractivity contribution in [1.82, 2.24) is 0 Å². The summed E-state index contributed by atoms with van der Waals surface area (Å²) in [7, 11) is -1.85. The van der Waals surface area contributed by atoms with Gasteiger partial charge in [-0.15, -0.1) is 5.46 Å². The van der Waals surface area contributed by atoms with Crippen LogP contribution in [0.15, 0.2) is 24.3 Å². The van der Waals surface area contributed by atoms with E-state index in [4.69, 9.17) is 0 Å². The van der Waals surface area contributed by atoms with E-state index >= 15 is 0 Å². The first-order valence-corrected chi connectivity index (χ1v) is 17.1. The highest BCUT2D eigenvalue weighted by atomic mass is 16.4. The molecule has 39 heavy (non-hydrogen) atoms. The highest BCUT2D eigenvalue weighted by Crippen LogP contribution is 2.15. The zero-order chi connectivity index (χ0) is 29.2. The van der Waals surface area contributed by atoms with E-state index in [9.17, 15) is 10.0 Å². The van der Waals surface area contributed by atoms with Crippen molar-refractivity contribution in [2.45, 2.75) is 168 Å². The van der Waals surface area contributed by atoms with Gasteiger partial charge in [0.05, 0.1) is 13.1 Å². The van der Waals surface area contributed by atoms with E-state index in [1.807, 2.05) is 12.1 Å². The van der Waals surface area contributed by atoms with Crippen molar-refractivity contribution in [1.29, 1.82) is 0 Å². The molecule has 6 N–H and O–H groups in total. The van der Waals surface area contributed by atoms with Gasteiger partial charge in [-0.3, -0.25) is 0 Å². The van der Waals surface area contributed by atoms with Crippen LogP contribution < -0.4 is 27.0 Å². The van der Waals surface area contributed by atoms with E-state index in [0.29, 0.717) is 5.46 Å². The molecule has 230 valence electrons. The first-order chi connectivity index (χ1) is 19.1. The Morgan fingerprint density at radius 2 is 0.769 bits per heavy atom. The summed E-state index contributed by atoms with van der Waals surface area (Å²) in [5.74, 6) is 0. The van der Waals surface area contributed by atoms with Crippen LogP contribution in [0.1, 0.15) is 168 Å². The predicted octanol–water partition coefficient (Wildman–Crippen LogP) is 5.74. The lowest BCUT2D eigenvalue weighted by molar-refractivity contribution is -0.368. The van der Waals surface area contributed by atoms with Gasteiger partial charge < -0.3 is 21.5 Å². The Bertz CT molecular complexity index is 545. The molecule has 0 saturated heterocycles. The summed E-state index contributed by atoms with van der Waals surface area (Å²) in [4.78, 5) is 0. The molecule has 1 aromatic rings. The number of rotatable bonds is 24. The number of hydrogen-bond acceptors (Lipinski definition) is 2. The fourth-order valence-corrected chi connectivity index (χ4v) is 4.57. The summed E-state index contributed by atoms with van der Waals surface area (Å²) in [6, 6.07) is 7.25. The Kier molecular flexibility index (Phi) is 36.3. The number of benzene rings is 1. The third-order valence-corrected chi connectivity index (χ3v) is 7.28. The van der Waals surface area contributed by atoms with E-state index in [-0.39, 0.29) is 0 Å². The Morgan fingerprint density at radius 1 is 0.462 bits per heavy atom. The molecule has 0 bridgehead atoms. The zero-order valence-corrected chi connectivity index (χ0v) is 26.8. The normalized spacial score (nSPS) is 10.4. The second-order valence-corrected chi connectivity index (χ2v) is 11.2. The van der Waals surface area contributed by atoms with Crippen LogP contribution in [0.3, 0.4) is 0 Å². The summed E-state index contributed by atoms with van der Waals surface area (Å²) in [5.41, 5.74) is 8.95. The van der Waals surface area contributed by atoms with Crippen molar-refractivity contribution >= 4 is 12.6 Å². The number of aryl methyl sites for hydroxylation is 1. The maximum absolute atomic E-state index is 10.8. The lowest BCUT2D eigenvalue weighted by atomic mass is 9.80. The van der Waals surface area contributed by atoms with Crippen LogP contribution in [-0.4, -0.2) is 20.2 Å². The summed E-state index contributed by atoms with van der Waals surface area (Å²) in [5, 5.41) is 21.6. The first-order valence-electron chi connectivity index (χ1n) is 17.1. The molecule has 0 heterocycles. The molecular weight excluding hydrogens is 479 g/mol. The number of quaternary nitrogens is 2. The zero-order valence-electron chi connectivity index (χ0n) is 26.8.